The van der Waals surface area contributed by atoms with Crippen molar-refractivity contribution in [3.05, 3.63) is 0 Å². The van der Waals surface area contributed by atoms with Gasteiger partial charge in [0.2, 0.25) is 106 Å². The summed E-state index contributed by atoms with van der Waals surface area (Å²) >= 11 is 0. The summed E-state index contributed by atoms with van der Waals surface area (Å²) in [6.45, 7) is 30.5. The number of nitrogens with two attached hydrogens (primary N) is 9. The second-order valence-electron chi connectivity index (χ2n) is 40.7. The highest BCUT2D eigenvalue weighted by atomic mass is 16.2. The number of carbonyl (C=O) groups is 18. The maximum atomic E-state index is 14.9. The van der Waals surface area contributed by atoms with Crippen LogP contribution in [0.25, 0.3) is 0 Å². The first kappa shape index (κ1) is 131. The zero-order valence-corrected chi connectivity index (χ0v) is 87.6. The van der Waals surface area contributed by atoms with Crippen LogP contribution >= 0.6 is 0 Å². The van der Waals surface area contributed by atoms with Gasteiger partial charge in [-0.05, 0) is 273 Å². The number of carbonyl (C=O) groups excluding carboxylic acids is 18. The van der Waals surface area contributed by atoms with E-state index >= 15 is 0 Å². The molecule has 0 saturated heterocycles. The molecule has 0 aliphatic rings. The molecular weight excluding hydrogens is 1820 g/mol. The zero-order valence-electron chi connectivity index (χ0n) is 87.6. The Kier molecular flexibility index (Phi) is 69.7. The molecule has 0 aromatic rings. The first-order valence-electron chi connectivity index (χ1n) is 51.6. The average Bonchev–Trinajstić information content (AvgIpc) is 0.839. The Morgan fingerprint density at radius 1 is 0.206 bits per heavy atom. The van der Waals surface area contributed by atoms with Crippen LogP contribution in [0.3, 0.4) is 0 Å². The molecule has 0 aromatic carbocycles. The molecule has 44 nitrogen and oxygen atoms in total. The summed E-state index contributed by atoms with van der Waals surface area (Å²) < 4.78 is 0. The fourth-order valence-electron chi connectivity index (χ4n) is 15.7. The molecule has 812 valence electrons. The standard InChI is InChI=1S/C97H186N26O18/c1-57(2)48-65(104)83(127)109-67(33-20-26-42-99)85(129)111-69(35-22-28-44-101)87(131)117-77(53-62(11)12)95(139)121-75(51-60(7)8)93(137)114-71(37-24-30-46-103)89(133)118-78(54-63(13)14)96(140)120-74(50-59(5)6)92(136)112-68(34-21-27-43-100)86(130)115-72(39-40-80(105)124)90(134)119-79(55-64(15)16)97(141)122-76(52-61(9)10)94(138)113-70(36-23-29-45-102)88(132)116-73(49-58(3)4)91(135)110-66(32-19-25-41-98)84(128)108-56-82(126)107-47-31-17-18-38-81(125)123-106/h57-79H,17-56,98-104,106H2,1-16H3,(H2,105,124)(H,107,126)(H,108,128)(H,109,127)(H,110,135)(H,111,129)(H,112,136)(H,113,138)(H,114,137)(H,115,130)(H,116,132)(H,117,131)(H,118,133)(H,119,134)(H,120,140)(H,121,139)(H,122,141)(H,123,125)/t65-,66-,67-,68-,69-,70-,71-,72-,73-,74-,75-,76-,77-,78-,79-/m0/s1. The predicted molar refractivity (Wildman–Crippen MR) is 543 cm³/mol. The lowest BCUT2D eigenvalue weighted by Gasteiger charge is -2.30. The van der Waals surface area contributed by atoms with E-state index in [2.05, 4.69) is 90.5 Å². The summed E-state index contributed by atoms with van der Waals surface area (Å²) in [5, 5.41) is 44.2. The van der Waals surface area contributed by atoms with Gasteiger partial charge in [0, 0.05) is 19.4 Å². The second-order valence-corrected chi connectivity index (χ2v) is 40.7. The predicted octanol–water partition coefficient (Wildman–Crippen LogP) is -0.708. The Morgan fingerprint density at radius 3 is 0.610 bits per heavy atom. The van der Waals surface area contributed by atoms with Crippen molar-refractivity contribution in [2.45, 2.75) is 407 Å². The maximum Gasteiger partial charge on any atom is 0.243 e. The van der Waals surface area contributed by atoms with Gasteiger partial charge in [0.1, 0.15) is 84.6 Å². The van der Waals surface area contributed by atoms with E-state index in [4.69, 9.17) is 51.7 Å². The highest BCUT2D eigenvalue weighted by molar-refractivity contribution is 6.01. The van der Waals surface area contributed by atoms with Gasteiger partial charge in [0.15, 0.2) is 0 Å². The minimum Gasteiger partial charge on any atom is -0.370 e. The number of primary amides is 1. The summed E-state index contributed by atoms with van der Waals surface area (Å²) in [5.74, 6) is -9.70. The van der Waals surface area contributed by atoms with Crippen LogP contribution in [0.4, 0.5) is 0 Å². The molecule has 0 aliphatic carbocycles. The Hall–Kier alpha value is -9.86. The van der Waals surface area contributed by atoms with Crippen molar-refractivity contribution >= 4 is 106 Å². The topological polar surface area (TPSA) is 746 Å². The van der Waals surface area contributed by atoms with Gasteiger partial charge < -0.3 is 131 Å². The lowest BCUT2D eigenvalue weighted by Crippen LogP contribution is -2.61. The lowest BCUT2D eigenvalue weighted by molar-refractivity contribution is -0.137. The molecule has 0 aromatic heterocycles. The van der Waals surface area contributed by atoms with Crippen LogP contribution in [-0.2, 0) is 86.3 Å². The van der Waals surface area contributed by atoms with Crippen LogP contribution in [0.1, 0.15) is 316 Å². The molecule has 0 heterocycles. The largest absolute Gasteiger partial charge is 0.370 e. The van der Waals surface area contributed by atoms with E-state index in [0.717, 1.165) is 0 Å². The molecule has 44 heteroatoms. The summed E-state index contributed by atoms with van der Waals surface area (Å²) in [7, 11) is 0. The highest BCUT2D eigenvalue weighted by Gasteiger charge is 2.40. The number of hydrazine groups is 1. The van der Waals surface area contributed by atoms with Crippen LogP contribution < -0.4 is 142 Å². The Labute approximate surface area is 837 Å². The molecule has 18 amide bonds. The number of hydrogen-bond acceptors (Lipinski definition) is 26. The smallest absolute Gasteiger partial charge is 0.243 e. The van der Waals surface area contributed by atoms with Gasteiger partial charge >= 0.3 is 0 Å². The minimum atomic E-state index is -1.60. The van der Waals surface area contributed by atoms with E-state index in [1.54, 1.807) is 55.4 Å². The second kappa shape index (κ2) is 75.0. The van der Waals surface area contributed by atoms with E-state index in [1.165, 1.54) is 0 Å². The summed E-state index contributed by atoms with van der Waals surface area (Å²) in [6.07, 6.45) is 7.03. The molecule has 0 radical (unpaired) electrons. The van der Waals surface area contributed by atoms with E-state index in [9.17, 15) is 86.3 Å². The fourth-order valence-corrected chi connectivity index (χ4v) is 15.7. The Balaban J connectivity index is 7.44. The molecule has 0 fully saturated rings. The van der Waals surface area contributed by atoms with Gasteiger partial charge in [-0.3, -0.25) is 91.7 Å². The average molecular weight is 2000 g/mol. The third-order valence-corrected chi connectivity index (χ3v) is 23.2. The summed E-state index contributed by atoms with van der Waals surface area (Å²) in [5.41, 5.74) is 49.2. The van der Waals surface area contributed by atoms with Crippen molar-refractivity contribution in [2.75, 3.05) is 52.4 Å². The Morgan fingerprint density at radius 2 is 0.404 bits per heavy atom. The minimum absolute atomic E-state index is 0.00777. The maximum absolute atomic E-state index is 14.9. The molecule has 0 saturated carbocycles. The zero-order chi connectivity index (χ0) is 107. The van der Waals surface area contributed by atoms with Gasteiger partial charge in [-0.1, -0.05) is 117 Å². The molecule has 0 spiro atoms. The highest BCUT2D eigenvalue weighted by Crippen LogP contribution is 2.20. The Bertz CT molecular complexity index is 3760. The van der Waals surface area contributed by atoms with E-state index in [1.807, 2.05) is 55.4 Å². The normalized spacial score (nSPS) is 14.7. The number of hydrogen-bond donors (Lipinski definition) is 26. The van der Waals surface area contributed by atoms with Gasteiger partial charge in [-0.25, -0.2) is 5.84 Å². The number of unbranched alkanes of at least 4 members (excludes halogenated alkanes) is 8. The molecule has 15 atom stereocenters. The van der Waals surface area contributed by atoms with E-state index < -0.39 is 210 Å². The van der Waals surface area contributed by atoms with E-state index in [-0.39, 0.29) is 182 Å². The molecule has 0 aliphatic heterocycles. The lowest BCUT2D eigenvalue weighted by atomic mass is 9.98. The van der Waals surface area contributed by atoms with E-state index in [0.29, 0.717) is 109 Å². The first-order valence-corrected chi connectivity index (χ1v) is 51.6. The van der Waals surface area contributed by atoms with Gasteiger partial charge in [0.25, 0.3) is 0 Å². The van der Waals surface area contributed by atoms with Crippen molar-refractivity contribution < 1.29 is 86.3 Å². The monoisotopic (exact) mass is 2000 g/mol. The molecule has 0 bridgehead atoms. The third-order valence-electron chi connectivity index (χ3n) is 23.2. The fraction of sp³-hybridized carbons (Fsp3) is 0.814. The van der Waals surface area contributed by atoms with Crippen molar-refractivity contribution in [1.29, 1.82) is 0 Å². The summed E-state index contributed by atoms with van der Waals surface area (Å²) in [6, 6.07) is -19.3. The molecule has 0 rings (SSSR count). The van der Waals surface area contributed by atoms with Gasteiger partial charge in [-0.15, -0.1) is 0 Å². The van der Waals surface area contributed by atoms with Crippen LogP contribution in [0.15, 0.2) is 0 Å². The van der Waals surface area contributed by atoms with Gasteiger partial charge in [0.05, 0.1) is 12.6 Å². The number of rotatable bonds is 80. The SMILES string of the molecule is CC(C)C[C@H](NC(=O)[C@H](CCCCN)NC(=O)[C@H](CC(C)C)NC(=O)[C@H](CC(C)C)NC(=O)[C@H](CCC(N)=O)NC(=O)[C@H](CCCCN)NC(=O)[C@H](CC(C)C)NC(=O)[C@H](CC(C)C)NC(=O)[C@H](CCCCN)NC(=O)[C@H](CC(C)C)NC(=O)[C@H](CC(C)C)NC(=O)[C@H](CCCCN)NC(=O)[C@H](CCCCN)NC(=O)[C@@H](N)CC(C)C)C(=O)N[C@@H](CCCCN)C(=O)NCC(=O)NCCCCCC(=O)NN. The van der Waals surface area contributed by atoms with Crippen LogP contribution in [-0.4, -0.2) is 249 Å². The van der Waals surface area contributed by atoms with Crippen LogP contribution in [0, 0.1) is 47.3 Å². The number of amides is 18. The number of nitrogens with one attached hydrogen (secondary N) is 17. The van der Waals surface area contributed by atoms with Crippen molar-refractivity contribution in [1.82, 2.24) is 90.5 Å². The van der Waals surface area contributed by atoms with Crippen LogP contribution in [0.5, 0.6) is 0 Å². The van der Waals surface area contributed by atoms with Crippen molar-refractivity contribution in [3.8, 4) is 0 Å². The molecule has 0 unspecified atom stereocenters. The molecule has 141 heavy (non-hydrogen) atoms. The quantitative estimate of drug-likeness (QED) is 0.0155. The third kappa shape index (κ3) is 59.7. The molecule has 35 N–H and O–H groups in total. The molecular formula is C97H186N26O18. The van der Waals surface area contributed by atoms with Crippen molar-refractivity contribution in [2.24, 2.45) is 99.1 Å². The first-order chi connectivity index (χ1) is 66.5. The van der Waals surface area contributed by atoms with Crippen LogP contribution in [0.2, 0.25) is 0 Å². The van der Waals surface area contributed by atoms with Crippen molar-refractivity contribution in [3.63, 3.8) is 0 Å². The van der Waals surface area contributed by atoms with Gasteiger partial charge in [-0.2, -0.15) is 0 Å². The summed E-state index contributed by atoms with van der Waals surface area (Å²) in [4.78, 5) is 255.